The van der Waals surface area contributed by atoms with E-state index in [1.165, 1.54) is 40.7 Å². The Balaban J connectivity index is 0.00000187. The van der Waals surface area contributed by atoms with E-state index in [2.05, 4.69) is 80.6 Å². The van der Waals surface area contributed by atoms with Crippen LogP contribution in [0, 0.1) is 12.3 Å². The van der Waals surface area contributed by atoms with Crippen molar-refractivity contribution >= 4 is 11.1 Å². The largest absolute Gasteiger partial charge is 0.115 e. The molecule has 0 radical (unpaired) electrons. The van der Waals surface area contributed by atoms with E-state index in [4.69, 9.17) is 6.42 Å². The maximum absolute atomic E-state index is 5.64. The van der Waals surface area contributed by atoms with Gasteiger partial charge in [-0.3, -0.25) is 0 Å². The summed E-state index contributed by atoms with van der Waals surface area (Å²) in [6.45, 7) is 16.9. The molecule has 0 unspecified atom stereocenters. The van der Waals surface area contributed by atoms with Crippen LogP contribution in [0.25, 0.3) is 11.1 Å². The molecular weight excluding hydrogens is 396 g/mol. The molecule has 0 saturated carbocycles. The van der Waals surface area contributed by atoms with Crippen LogP contribution in [-0.4, -0.2) is 0 Å². The second-order valence-electron chi connectivity index (χ2n) is 8.02. The van der Waals surface area contributed by atoms with Crippen molar-refractivity contribution in [3.63, 3.8) is 0 Å². The average Bonchev–Trinajstić information content (AvgIpc) is 3.15. The van der Waals surface area contributed by atoms with Crippen molar-refractivity contribution in [3.05, 3.63) is 119 Å². The fourth-order valence-electron chi connectivity index (χ4n) is 4.28. The zero-order chi connectivity index (χ0) is 24.2. The van der Waals surface area contributed by atoms with Gasteiger partial charge >= 0.3 is 0 Å². The normalized spacial score (nSPS) is 12.9. The van der Waals surface area contributed by atoms with Crippen molar-refractivity contribution in [1.82, 2.24) is 0 Å². The van der Waals surface area contributed by atoms with Gasteiger partial charge in [-0.25, -0.2) is 0 Å². The van der Waals surface area contributed by atoms with Crippen LogP contribution in [0.2, 0.25) is 0 Å². The molecule has 1 aliphatic carbocycles. The first kappa shape index (κ1) is 26.0. The Kier molecular flexibility index (Phi) is 10.5. The molecule has 0 amide bonds. The molecule has 3 rings (SSSR count). The summed E-state index contributed by atoms with van der Waals surface area (Å²) >= 11 is 0. The molecule has 170 valence electrons. The summed E-state index contributed by atoms with van der Waals surface area (Å²) in [6, 6.07) is 17.5. The topological polar surface area (TPSA) is 0 Å². The van der Waals surface area contributed by atoms with Crippen molar-refractivity contribution in [1.29, 1.82) is 0 Å². The summed E-state index contributed by atoms with van der Waals surface area (Å²) in [5.41, 5.74) is 10.7. The lowest BCUT2D eigenvalue weighted by atomic mass is 9.92. The number of hydrogen-bond acceptors (Lipinski definition) is 0. The van der Waals surface area contributed by atoms with Gasteiger partial charge in [0.15, 0.2) is 0 Å². The van der Waals surface area contributed by atoms with Crippen molar-refractivity contribution in [3.8, 4) is 12.3 Å². The molecule has 33 heavy (non-hydrogen) atoms. The van der Waals surface area contributed by atoms with E-state index < -0.39 is 0 Å². The first-order valence-corrected chi connectivity index (χ1v) is 12.2. The molecule has 0 bridgehead atoms. The quantitative estimate of drug-likeness (QED) is 0.210. The fraction of sp³-hybridized carbons (Fsp3) is 0.273. The molecule has 0 fully saturated rings. The molecular formula is C33H38. The van der Waals surface area contributed by atoms with E-state index in [1.54, 1.807) is 0 Å². The Morgan fingerprint density at radius 1 is 0.939 bits per heavy atom. The molecule has 2 aromatic rings. The van der Waals surface area contributed by atoms with Gasteiger partial charge < -0.3 is 0 Å². The minimum absolute atomic E-state index is 0.886. The van der Waals surface area contributed by atoms with Gasteiger partial charge in [-0.15, -0.1) is 6.42 Å². The number of rotatable bonds is 9. The Labute approximate surface area is 202 Å². The molecule has 2 aromatic carbocycles. The maximum atomic E-state index is 5.64. The van der Waals surface area contributed by atoms with Gasteiger partial charge in [0.05, 0.1) is 0 Å². The van der Waals surface area contributed by atoms with E-state index >= 15 is 0 Å². The molecule has 0 saturated heterocycles. The highest BCUT2D eigenvalue weighted by atomic mass is 14.3. The first-order chi connectivity index (χ1) is 16.1. The number of terminal acetylenes is 1. The molecule has 0 N–H and O–H groups in total. The van der Waals surface area contributed by atoms with Gasteiger partial charge in [-0.05, 0) is 95.2 Å². The Bertz CT molecular complexity index is 1090. The highest BCUT2D eigenvalue weighted by Crippen LogP contribution is 2.47. The van der Waals surface area contributed by atoms with Gasteiger partial charge in [0.1, 0.15) is 0 Å². The minimum atomic E-state index is 0.886. The van der Waals surface area contributed by atoms with Gasteiger partial charge in [0.2, 0.25) is 0 Å². The van der Waals surface area contributed by atoms with Crippen LogP contribution in [0.3, 0.4) is 0 Å². The van der Waals surface area contributed by atoms with Crippen molar-refractivity contribution < 1.29 is 0 Å². The molecule has 0 heterocycles. The summed E-state index contributed by atoms with van der Waals surface area (Å²) in [5, 5.41) is 0. The van der Waals surface area contributed by atoms with Crippen LogP contribution in [0.15, 0.2) is 96.6 Å². The number of benzene rings is 2. The van der Waals surface area contributed by atoms with Gasteiger partial charge in [0.25, 0.3) is 0 Å². The Morgan fingerprint density at radius 3 is 2.21 bits per heavy atom. The molecule has 0 atom stereocenters. The highest BCUT2D eigenvalue weighted by molar-refractivity contribution is 6.07. The van der Waals surface area contributed by atoms with Crippen LogP contribution in [0.1, 0.15) is 69.2 Å². The lowest BCUT2D eigenvalue weighted by molar-refractivity contribution is 0.734. The van der Waals surface area contributed by atoms with Crippen LogP contribution in [-0.2, 0) is 12.8 Å². The standard InChI is InChI=1S/C31H32.C2H6/c1-6-14-27(15-7-2)31-28-21-20-26(19-13-12-18-25-16-10-9-11-17-25)22-29(28)24(5)30(31)23(4)8-3;1-2/h1,7,9-11,14-17,20-22H,4-5,8,12-13,18-19H2,2-3H3;1-2H3/b15-7-,27-14+;. The zero-order valence-electron chi connectivity index (χ0n) is 20.9. The van der Waals surface area contributed by atoms with Crippen LogP contribution in [0.5, 0.6) is 0 Å². The second-order valence-corrected chi connectivity index (χ2v) is 8.02. The summed E-state index contributed by atoms with van der Waals surface area (Å²) in [7, 11) is 0. The summed E-state index contributed by atoms with van der Waals surface area (Å²) in [5.74, 6) is 2.71. The van der Waals surface area contributed by atoms with Gasteiger partial charge in [-0.2, -0.15) is 0 Å². The third kappa shape index (κ3) is 6.36. The predicted octanol–water partition coefficient (Wildman–Crippen LogP) is 9.16. The van der Waals surface area contributed by atoms with E-state index in [0.29, 0.717) is 0 Å². The van der Waals surface area contributed by atoms with Crippen LogP contribution < -0.4 is 0 Å². The third-order valence-electron chi connectivity index (χ3n) is 5.91. The fourth-order valence-corrected chi connectivity index (χ4v) is 4.28. The third-order valence-corrected chi connectivity index (χ3v) is 5.91. The smallest absolute Gasteiger partial charge is 0.00177 e. The van der Waals surface area contributed by atoms with Crippen LogP contribution in [0.4, 0.5) is 0 Å². The first-order valence-electron chi connectivity index (χ1n) is 12.2. The Hall–Kier alpha value is -3.30. The van der Waals surface area contributed by atoms with Gasteiger partial charge in [-0.1, -0.05) is 101 Å². The van der Waals surface area contributed by atoms with Crippen molar-refractivity contribution in [2.45, 2.75) is 59.8 Å². The summed E-state index contributed by atoms with van der Waals surface area (Å²) < 4.78 is 0. The molecule has 0 heteroatoms. The number of fused-ring (bicyclic) bond motifs is 1. The number of aryl methyl sites for hydroxylation is 2. The zero-order valence-corrected chi connectivity index (χ0v) is 20.9. The van der Waals surface area contributed by atoms with Crippen molar-refractivity contribution in [2.75, 3.05) is 0 Å². The van der Waals surface area contributed by atoms with E-state index in [0.717, 1.165) is 41.6 Å². The molecule has 0 aliphatic heterocycles. The van der Waals surface area contributed by atoms with E-state index in [1.807, 2.05) is 32.9 Å². The number of allylic oxidation sites excluding steroid dienone is 8. The lowest BCUT2D eigenvalue weighted by Gasteiger charge is -2.11. The minimum Gasteiger partial charge on any atom is -0.115 e. The molecule has 1 aliphatic rings. The molecule has 0 nitrogen and oxygen atoms in total. The number of unbranched alkanes of at least 4 members (excludes halogenated alkanes) is 1. The highest BCUT2D eigenvalue weighted by Gasteiger charge is 2.27. The van der Waals surface area contributed by atoms with Gasteiger partial charge in [0, 0.05) is 0 Å². The predicted molar refractivity (Wildman–Crippen MR) is 148 cm³/mol. The van der Waals surface area contributed by atoms with Crippen molar-refractivity contribution in [2.24, 2.45) is 0 Å². The van der Waals surface area contributed by atoms with Crippen LogP contribution >= 0.6 is 0 Å². The maximum Gasteiger partial charge on any atom is -0.00177 e. The summed E-state index contributed by atoms with van der Waals surface area (Å²) in [6.07, 6.45) is 17.1. The van der Waals surface area contributed by atoms with E-state index in [-0.39, 0.29) is 0 Å². The van der Waals surface area contributed by atoms with E-state index in [9.17, 15) is 0 Å². The average molecular weight is 435 g/mol. The molecule has 0 aromatic heterocycles. The SMILES string of the molecule is C#C/C=C(\C=C/C)C1=C(C(=C)CC)C(=C)c2cc(CCCCc3ccccc3)ccc21.CC. The summed E-state index contributed by atoms with van der Waals surface area (Å²) in [4.78, 5) is 0. The monoisotopic (exact) mass is 434 g/mol. The second kappa shape index (κ2) is 13.3. The molecule has 0 spiro atoms. The lowest BCUT2D eigenvalue weighted by Crippen LogP contribution is -1.93. The number of hydrogen-bond donors (Lipinski definition) is 0. The Morgan fingerprint density at radius 2 is 1.61 bits per heavy atom.